The molecule has 0 radical (unpaired) electrons. The molecule has 3 heterocycles. The third kappa shape index (κ3) is 5.30. The Morgan fingerprint density at radius 2 is 0.845 bits per heavy atom. The summed E-state index contributed by atoms with van der Waals surface area (Å²) in [7, 11) is 0. The molecular formula is C52H32N6. The lowest BCUT2D eigenvalue weighted by atomic mass is 9.93. The normalized spacial score (nSPS) is 11.4. The lowest BCUT2D eigenvalue weighted by Gasteiger charge is -2.12. The van der Waals surface area contributed by atoms with E-state index in [9.17, 15) is 5.26 Å². The summed E-state index contributed by atoms with van der Waals surface area (Å²) in [6.45, 7) is 0. The molecule has 0 saturated carbocycles. The van der Waals surface area contributed by atoms with Crippen molar-refractivity contribution in [3.05, 3.63) is 200 Å². The van der Waals surface area contributed by atoms with E-state index in [1.54, 1.807) is 0 Å². The molecule has 0 aliphatic heterocycles. The zero-order chi connectivity index (χ0) is 38.6. The van der Waals surface area contributed by atoms with E-state index in [1.165, 1.54) is 10.8 Å². The lowest BCUT2D eigenvalue weighted by molar-refractivity contribution is 1.07. The van der Waals surface area contributed by atoms with Crippen molar-refractivity contribution < 1.29 is 0 Å². The maximum absolute atomic E-state index is 10.9. The minimum absolute atomic E-state index is 0.505. The number of benzene rings is 8. The number of hydrogen-bond donors (Lipinski definition) is 0. The highest BCUT2D eigenvalue weighted by molar-refractivity contribution is 6.31. The summed E-state index contributed by atoms with van der Waals surface area (Å²) in [4.78, 5) is 14.8. The molecule has 6 heteroatoms. The van der Waals surface area contributed by atoms with Gasteiger partial charge in [0.05, 0.1) is 33.7 Å². The predicted molar refractivity (Wildman–Crippen MR) is 235 cm³/mol. The van der Waals surface area contributed by atoms with Gasteiger partial charge in [0.25, 0.3) is 0 Å². The largest absolute Gasteiger partial charge is 0.309 e. The second-order valence-electron chi connectivity index (χ2n) is 14.3. The number of rotatable bonds is 6. The van der Waals surface area contributed by atoms with Gasteiger partial charge < -0.3 is 9.13 Å². The number of aromatic nitrogens is 5. The molecular weight excluding hydrogens is 709 g/mol. The predicted octanol–water partition coefficient (Wildman–Crippen LogP) is 12.6. The van der Waals surface area contributed by atoms with E-state index in [0.29, 0.717) is 23.0 Å². The summed E-state index contributed by atoms with van der Waals surface area (Å²) >= 11 is 0. The number of para-hydroxylation sites is 3. The molecule has 0 fully saturated rings. The molecule has 11 rings (SSSR count). The van der Waals surface area contributed by atoms with Gasteiger partial charge in [0.15, 0.2) is 17.5 Å². The van der Waals surface area contributed by atoms with E-state index in [4.69, 9.17) is 15.0 Å². The van der Waals surface area contributed by atoms with Crippen LogP contribution in [0.25, 0.3) is 100 Å². The number of nitrogens with zero attached hydrogens (tertiary/aromatic N) is 6. The van der Waals surface area contributed by atoms with Crippen LogP contribution in [0.2, 0.25) is 0 Å². The highest BCUT2D eigenvalue weighted by Gasteiger charge is 2.24. The summed E-state index contributed by atoms with van der Waals surface area (Å²) < 4.78 is 4.71. The van der Waals surface area contributed by atoms with Gasteiger partial charge in [-0.2, -0.15) is 5.26 Å². The molecule has 0 aliphatic rings. The Labute approximate surface area is 334 Å². The average Bonchev–Trinajstić information content (AvgIpc) is 3.83. The lowest BCUT2D eigenvalue weighted by Crippen LogP contribution is -2.00. The van der Waals surface area contributed by atoms with Crippen molar-refractivity contribution in [2.75, 3.05) is 0 Å². The monoisotopic (exact) mass is 740 g/mol. The van der Waals surface area contributed by atoms with Crippen molar-refractivity contribution >= 4 is 43.6 Å². The molecule has 0 spiro atoms. The molecule has 0 unspecified atom stereocenters. The van der Waals surface area contributed by atoms with Gasteiger partial charge >= 0.3 is 0 Å². The van der Waals surface area contributed by atoms with E-state index in [2.05, 4.69) is 130 Å². The van der Waals surface area contributed by atoms with Gasteiger partial charge in [-0.05, 0) is 60.2 Å². The fraction of sp³-hybridized carbons (Fsp3) is 0. The SMILES string of the molecule is N#Cc1cc(-c2nc(-c3ccccc3)nc(-c3ccccc3)n2)ccc1-c1cccc2c1c1c3c4ccccc4n(-c4ccccc4)c3ccc1n2-c1ccccc1. The zero-order valence-corrected chi connectivity index (χ0v) is 31.2. The summed E-state index contributed by atoms with van der Waals surface area (Å²) in [5.41, 5.74) is 11.5. The van der Waals surface area contributed by atoms with Gasteiger partial charge in [0, 0.05) is 55.2 Å². The van der Waals surface area contributed by atoms with E-state index in [0.717, 1.165) is 72.0 Å². The molecule has 0 aliphatic carbocycles. The first-order valence-electron chi connectivity index (χ1n) is 19.3. The van der Waals surface area contributed by atoms with Crippen molar-refractivity contribution in [1.29, 1.82) is 5.26 Å². The number of nitriles is 1. The van der Waals surface area contributed by atoms with Crippen LogP contribution in [0.1, 0.15) is 5.56 Å². The maximum atomic E-state index is 10.9. The number of hydrogen-bond acceptors (Lipinski definition) is 4. The molecule has 0 saturated heterocycles. The van der Waals surface area contributed by atoms with Crippen LogP contribution < -0.4 is 0 Å². The van der Waals surface area contributed by atoms with Crippen LogP contribution in [-0.4, -0.2) is 24.1 Å². The molecule has 0 N–H and O–H groups in total. The molecule has 0 atom stereocenters. The van der Waals surface area contributed by atoms with Crippen molar-refractivity contribution in [2.24, 2.45) is 0 Å². The molecule has 11 aromatic rings. The quantitative estimate of drug-likeness (QED) is 0.170. The third-order valence-corrected chi connectivity index (χ3v) is 11.0. The fourth-order valence-electron chi connectivity index (χ4n) is 8.49. The third-order valence-electron chi connectivity index (χ3n) is 11.0. The first-order chi connectivity index (χ1) is 28.7. The van der Waals surface area contributed by atoms with Crippen molar-refractivity contribution in [2.45, 2.75) is 0 Å². The molecule has 6 nitrogen and oxygen atoms in total. The Hall–Kier alpha value is -8.14. The Balaban J connectivity index is 1.19. The maximum Gasteiger partial charge on any atom is 0.164 e. The van der Waals surface area contributed by atoms with Gasteiger partial charge in [0.1, 0.15) is 0 Å². The van der Waals surface area contributed by atoms with Crippen LogP contribution in [0, 0.1) is 11.3 Å². The van der Waals surface area contributed by atoms with Crippen LogP contribution in [0.4, 0.5) is 0 Å². The second-order valence-corrected chi connectivity index (χ2v) is 14.3. The average molecular weight is 741 g/mol. The summed E-state index contributed by atoms with van der Waals surface area (Å²) in [5, 5.41) is 15.5. The molecule has 58 heavy (non-hydrogen) atoms. The van der Waals surface area contributed by atoms with Gasteiger partial charge in [0.2, 0.25) is 0 Å². The standard InChI is InChI=1S/C52H32N6/c53-33-37-32-36(52-55-50(34-16-5-1-6-17-34)54-51(56-52)35-18-7-2-8-19-35)28-29-40(37)41-25-15-27-44-47(41)49-46(58(44)39-22-11-4-12-23-39)31-30-45-48(49)42-24-13-14-26-43(42)57(45)38-20-9-3-10-21-38/h1-32H. The summed E-state index contributed by atoms with van der Waals surface area (Å²) in [6.07, 6.45) is 0. The van der Waals surface area contributed by atoms with Crippen LogP contribution >= 0.6 is 0 Å². The highest BCUT2D eigenvalue weighted by atomic mass is 15.0. The molecule has 0 amide bonds. The van der Waals surface area contributed by atoms with E-state index >= 15 is 0 Å². The van der Waals surface area contributed by atoms with Crippen molar-refractivity contribution in [1.82, 2.24) is 24.1 Å². The smallest absolute Gasteiger partial charge is 0.164 e. The molecule has 270 valence electrons. The first-order valence-corrected chi connectivity index (χ1v) is 19.3. The molecule has 3 aromatic heterocycles. The van der Waals surface area contributed by atoms with Gasteiger partial charge in [-0.15, -0.1) is 0 Å². The molecule has 8 aromatic carbocycles. The Kier molecular flexibility index (Phi) is 7.76. The van der Waals surface area contributed by atoms with E-state index < -0.39 is 0 Å². The van der Waals surface area contributed by atoms with Gasteiger partial charge in [-0.3, -0.25) is 0 Å². The Bertz CT molecular complexity index is 3320. The van der Waals surface area contributed by atoms with Crippen LogP contribution in [-0.2, 0) is 0 Å². The topological polar surface area (TPSA) is 72.3 Å². The fourth-order valence-corrected chi connectivity index (χ4v) is 8.49. The number of fused-ring (bicyclic) bond motifs is 7. The highest BCUT2D eigenvalue weighted by Crippen LogP contribution is 2.46. The molecule has 0 bridgehead atoms. The zero-order valence-electron chi connectivity index (χ0n) is 31.2. The van der Waals surface area contributed by atoms with Crippen LogP contribution in [0.5, 0.6) is 0 Å². The minimum atomic E-state index is 0.505. The van der Waals surface area contributed by atoms with E-state index in [1.807, 2.05) is 78.9 Å². The first kappa shape index (κ1) is 33.2. The van der Waals surface area contributed by atoms with Crippen molar-refractivity contribution in [3.8, 4) is 62.7 Å². The summed E-state index contributed by atoms with van der Waals surface area (Å²) in [5.74, 6) is 1.65. The Morgan fingerprint density at radius 3 is 1.45 bits per heavy atom. The minimum Gasteiger partial charge on any atom is -0.309 e. The second kappa shape index (κ2) is 13.6. The van der Waals surface area contributed by atoms with Crippen molar-refractivity contribution in [3.63, 3.8) is 0 Å². The van der Waals surface area contributed by atoms with Gasteiger partial charge in [-0.1, -0.05) is 140 Å². The van der Waals surface area contributed by atoms with Crippen LogP contribution in [0.15, 0.2) is 194 Å². The summed E-state index contributed by atoms with van der Waals surface area (Å²) in [6, 6.07) is 69.1. The van der Waals surface area contributed by atoms with E-state index in [-0.39, 0.29) is 0 Å². The van der Waals surface area contributed by atoms with Gasteiger partial charge in [-0.25, -0.2) is 15.0 Å². The van der Waals surface area contributed by atoms with Crippen LogP contribution in [0.3, 0.4) is 0 Å². The Morgan fingerprint density at radius 1 is 0.362 bits per heavy atom.